The van der Waals surface area contributed by atoms with Gasteiger partial charge in [-0.3, -0.25) is 9.59 Å². The summed E-state index contributed by atoms with van der Waals surface area (Å²) >= 11 is 9.41. The fourth-order valence-electron chi connectivity index (χ4n) is 2.28. The zero-order valence-corrected chi connectivity index (χ0v) is 12.6. The Labute approximate surface area is 129 Å². The van der Waals surface area contributed by atoms with Crippen molar-refractivity contribution >= 4 is 44.9 Å². The highest BCUT2D eigenvalue weighted by molar-refractivity contribution is 9.10. The summed E-state index contributed by atoms with van der Waals surface area (Å²) in [5.41, 5.74) is 1.81. The van der Waals surface area contributed by atoms with E-state index in [1.54, 1.807) is 18.2 Å². The van der Waals surface area contributed by atoms with E-state index in [2.05, 4.69) is 15.9 Å². The third-order valence-electron chi connectivity index (χ3n) is 3.18. The van der Waals surface area contributed by atoms with Gasteiger partial charge >= 0.3 is 0 Å². The van der Waals surface area contributed by atoms with Crippen molar-refractivity contribution in [1.82, 2.24) is 0 Å². The molecular weight excluding hydrogens is 342 g/mol. The third kappa shape index (κ3) is 2.15. The first-order valence-electron chi connectivity index (χ1n) is 5.97. The molecule has 0 saturated heterocycles. The lowest BCUT2D eigenvalue weighted by atomic mass is 10.1. The summed E-state index contributed by atoms with van der Waals surface area (Å²) in [6.45, 7) is 0.345. The van der Waals surface area contributed by atoms with Crippen LogP contribution in [0.3, 0.4) is 0 Å². The molecule has 0 saturated carbocycles. The van der Waals surface area contributed by atoms with Gasteiger partial charge in [0.2, 0.25) is 0 Å². The van der Waals surface area contributed by atoms with Crippen LogP contribution in [0.25, 0.3) is 0 Å². The van der Waals surface area contributed by atoms with Gasteiger partial charge in [0.05, 0.1) is 22.8 Å². The Balaban J connectivity index is 2.02. The minimum Gasteiger partial charge on any atom is -0.300 e. The fourth-order valence-corrected chi connectivity index (χ4v) is 2.98. The Kier molecular flexibility index (Phi) is 3.36. The quantitative estimate of drug-likeness (QED) is 0.772. The lowest BCUT2D eigenvalue weighted by Gasteiger charge is -2.16. The largest absolute Gasteiger partial charge is 0.300 e. The number of anilines is 1. The lowest BCUT2D eigenvalue weighted by molar-refractivity contribution is -0.114. The van der Waals surface area contributed by atoms with Crippen LogP contribution >= 0.6 is 27.5 Å². The summed E-state index contributed by atoms with van der Waals surface area (Å²) in [5, 5.41) is 0.317. The van der Waals surface area contributed by atoms with Crippen LogP contribution in [0.5, 0.6) is 0 Å². The Morgan fingerprint density at radius 1 is 1.10 bits per heavy atom. The van der Waals surface area contributed by atoms with Crippen molar-refractivity contribution in [3.05, 3.63) is 63.1 Å². The molecule has 0 radical (unpaired) electrons. The van der Waals surface area contributed by atoms with Crippen LogP contribution in [0.15, 0.2) is 46.9 Å². The van der Waals surface area contributed by atoms with Gasteiger partial charge in [-0.05, 0) is 29.8 Å². The van der Waals surface area contributed by atoms with Crippen molar-refractivity contribution in [2.24, 2.45) is 0 Å². The van der Waals surface area contributed by atoms with Gasteiger partial charge in [0.25, 0.3) is 11.7 Å². The van der Waals surface area contributed by atoms with E-state index in [1.807, 2.05) is 24.3 Å². The van der Waals surface area contributed by atoms with Crippen LogP contribution in [-0.4, -0.2) is 11.7 Å². The zero-order chi connectivity index (χ0) is 14.3. The van der Waals surface area contributed by atoms with Gasteiger partial charge in [-0.15, -0.1) is 0 Å². The average Bonchev–Trinajstić information content (AvgIpc) is 2.65. The molecular formula is C15H9BrClNO2. The molecule has 0 atom stereocenters. The number of hydrogen-bond donors (Lipinski definition) is 0. The van der Waals surface area contributed by atoms with Gasteiger partial charge in [0.15, 0.2) is 0 Å². The van der Waals surface area contributed by atoms with Gasteiger partial charge in [-0.2, -0.15) is 0 Å². The summed E-state index contributed by atoms with van der Waals surface area (Å²) in [7, 11) is 0. The molecule has 1 amide bonds. The maximum atomic E-state index is 12.1. The molecule has 0 N–H and O–H groups in total. The molecule has 1 heterocycles. The summed E-state index contributed by atoms with van der Waals surface area (Å²) in [6, 6.07) is 12.7. The third-order valence-corrected chi connectivity index (χ3v) is 3.99. The molecule has 2 aromatic carbocycles. The van der Waals surface area contributed by atoms with Crippen molar-refractivity contribution in [1.29, 1.82) is 0 Å². The van der Waals surface area contributed by atoms with E-state index in [0.717, 1.165) is 10.0 Å². The van der Waals surface area contributed by atoms with E-state index in [-0.39, 0.29) is 0 Å². The number of rotatable bonds is 2. The maximum Gasteiger partial charge on any atom is 0.299 e. The Morgan fingerprint density at radius 2 is 1.85 bits per heavy atom. The van der Waals surface area contributed by atoms with Crippen LogP contribution in [0.2, 0.25) is 5.02 Å². The van der Waals surface area contributed by atoms with Gasteiger partial charge in [0, 0.05) is 4.47 Å². The lowest BCUT2D eigenvalue weighted by Crippen LogP contribution is -2.29. The van der Waals surface area contributed by atoms with Crippen LogP contribution in [-0.2, 0) is 11.3 Å². The molecule has 1 aliphatic rings. The molecule has 2 aromatic rings. The Morgan fingerprint density at radius 3 is 2.60 bits per heavy atom. The topological polar surface area (TPSA) is 37.4 Å². The van der Waals surface area contributed by atoms with E-state index >= 15 is 0 Å². The predicted molar refractivity (Wildman–Crippen MR) is 81.1 cm³/mol. The minimum absolute atomic E-state index is 0.300. The minimum atomic E-state index is -0.541. The van der Waals surface area contributed by atoms with Crippen molar-refractivity contribution in [2.45, 2.75) is 6.54 Å². The normalized spacial score (nSPS) is 13.8. The SMILES string of the molecule is O=C1C(=O)N(Cc2cccc(Br)c2)c2cccc(Cl)c21. The number of amides is 1. The molecule has 1 aliphatic heterocycles. The first-order chi connectivity index (χ1) is 9.58. The predicted octanol–water partition coefficient (Wildman–Crippen LogP) is 3.83. The number of Topliss-reactive ketones (excluding diaryl/α,β-unsaturated/α-hetero) is 1. The number of benzene rings is 2. The first kappa shape index (κ1) is 13.3. The molecule has 100 valence electrons. The smallest absolute Gasteiger partial charge is 0.299 e. The highest BCUT2D eigenvalue weighted by Crippen LogP contribution is 2.35. The van der Waals surface area contributed by atoms with Gasteiger partial charge in [-0.1, -0.05) is 45.7 Å². The summed E-state index contributed by atoms with van der Waals surface area (Å²) in [6.07, 6.45) is 0. The van der Waals surface area contributed by atoms with E-state index in [0.29, 0.717) is 22.8 Å². The van der Waals surface area contributed by atoms with Crippen LogP contribution in [0, 0.1) is 0 Å². The summed E-state index contributed by atoms with van der Waals surface area (Å²) < 4.78 is 0.930. The number of hydrogen-bond acceptors (Lipinski definition) is 2. The first-order valence-corrected chi connectivity index (χ1v) is 7.14. The summed E-state index contributed by atoms with van der Waals surface area (Å²) in [4.78, 5) is 25.6. The molecule has 20 heavy (non-hydrogen) atoms. The Bertz CT molecular complexity index is 730. The van der Waals surface area contributed by atoms with Crippen molar-refractivity contribution in [3.8, 4) is 0 Å². The molecule has 0 aliphatic carbocycles. The molecule has 0 fully saturated rings. The standard InChI is InChI=1S/C15H9BrClNO2/c16-10-4-1-3-9(7-10)8-18-12-6-2-5-11(17)13(12)14(19)15(18)20/h1-7H,8H2. The van der Waals surface area contributed by atoms with Gasteiger partial charge < -0.3 is 4.90 Å². The van der Waals surface area contributed by atoms with Crippen LogP contribution < -0.4 is 4.90 Å². The number of carbonyl (C=O) groups is 2. The van der Waals surface area contributed by atoms with E-state index in [4.69, 9.17) is 11.6 Å². The molecule has 3 nitrogen and oxygen atoms in total. The van der Waals surface area contributed by atoms with Crippen LogP contribution in [0.4, 0.5) is 5.69 Å². The second-order valence-electron chi connectivity index (χ2n) is 4.48. The van der Waals surface area contributed by atoms with E-state index in [9.17, 15) is 9.59 Å². The van der Waals surface area contributed by atoms with Crippen molar-refractivity contribution < 1.29 is 9.59 Å². The molecule has 3 rings (SSSR count). The van der Waals surface area contributed by atoms with Gasteiger partial charge in [0.1, 0.15) is 0 Å². The Hall–Kier alpha value is -1.65. The van der Waals surface area contributed by atoms with E-state index in [1.165, 1.54) is 4.90 Å². The number of ketones is 1. The summed E-state index contributed by atoms with van der Waals surface area (Å²) in [5.74, 6) is -1.08. The monoisotopic (exact) mass is 349 g/mol. The number of fused-ring (bicyclic) bond motifs is 1. The van der Waals surface area contributed by atoms with Crippen molar-refractivity contribution in [2.75, 3.05) is 4.90 Å². The number of halogens is 2. The average molecular weight is 351 g/mol. The molecule has 0 bridgehead atoms. The fraction of sp³-hybridized carbons (Fsp3) is 0.0667. The van der Waals surface area contributed by atoms with Crippen LogP contribution in [0.1, 0.15) is 15.9 Å². The highest BCUT2D eigenvalue weighted by atomic mass is 79.9. The van der Waals surface area contributed by atoms with E-state index < -0.39 is 11.7 Å². The zero-order valence-electron chi connectivity index (χ0n) is 10.3. The molecule has 0 aromatic heterocycles. The second kappa shape index (κ2) is 5.04. The maximum absolute atomic E-state index is 12.1. The second-order valence-corrected chi connectivity index (χ2v) is 5.81. The molecule has 0 spiro atoms. The molecule has 5 heteroatoms. The molecule has 0 unspecified atom stereocenters. The highest BCUT2D eigenvalue weighted by Gasteiger charge is 2.37. The number of carbonyl (C=O) groups excluding carboxylic acids is 2. The van der Waals surface area contributed by atoms with Gasteiger partial charge in [-0.25, -0.2) is 0 Å². The number of nitrogens with zero attached hydrogens (tertiary/aromatic N) is 1. The van der Waals surface area contributed by atoms with Crippen molar-refractivity contribution in [3.63, 3.8) is 0 Å².